The van der Waals surface area contributed by atoms with Crippen molar-refractivity contribution >= 4 is 34.2 Å². The summed E-state index contributed by atoms with van der Waals surface area (Å²) >= 11 is 5.51. The predicted molar refractivity (Wildman–Crippen MR) is 105 cm³/mol. The quantitative estimate of drug-likeness (QED) is 0.363. The molecule has 3 rings (SSSR count). The van der Waals surface area contributed by atoms with Crippen LogP contribution in [0.3, 0.4) is 0 Å². The minimum atomic E-state index is -1.15. The Hall–Kier alpha value is -3.24. The fourth-order valence-electron chi connectivity index (χ4n) is 2.88. The topological polar surface area (TPSA) is 54.5 Å². The third-order valence-electron chi connectivity index (χ3n) is 4.10. The summed E-state index contributed by atoms with van der Waals surface area (Å²) in [6.45, 7) is 0. The van der Waals surface area contributed by atoms with Crippen LogP contribution in [-0.2, 0) is 9.59 Å². The molecule has 3 aromatic rings. The molecular formula is C22H16ClNO3. The van der Waals surface area contributed by atoms with E-state index in [1.165, 1.54) is 0 Å². The van der Waals surface area contributed by atoms with Gasteiger partial charge in [-0.25, -0.2) is 0 Å². The molecule has 0 aliphatic heterocycles. The zero-order valence-corrected chi connectivity index (χ0v) is 15.0. The van der Waals surface area contributed by atoms with Crippen LogP contribution in [0.15, 0.2) is 91.0 Å². The normalized spacial score (nSPS) is 11.4. The van der Waals surface area contributed by atoms with Gasteiger partial charge < -0.3 is 0 Å². The Balaban J connectivity index is 2.18. The molecule has 0 N–H and O–H groups in total. The Kier molecular flexibility index (Phi) is 5.79. The number of benzene rings is 3. The van der Waals surface area contributed by atoms with E-state index in [9.17, 15) is 14.4 Å². The Bertz CT molecular complexity index is 943. The minimum absolute atomic E-state index is 0.308. The SMILES string of the molecule is O=C(Cl)C(=O)N(c1ccccc1)C(C(=O)c1ccccc1)c1ccccc1. The number of hydrogen-bond donors (Lipinski definition) is 0. The molecule has 27 heavy (non-hydrogen) atoms. The van der Waals surface area contributed by atoms with E-state index in [4.69, 9.17) is 11.6 Å². The lowest BCUT2D eigenvalue weighted by Crippen LogP contribution is -2.41. The van der Waals surface area contributed by atoms with Crippen LogP contribution < -0.4 is 4.90 Å². The van der Waals surface area contributed by atoms with Gasteiger partial charge in [0.05, 0.1) is 0 Å². The molecule has 1 amide bonds. The first kappa shape index (κ1) is 18.5. The van der Waals surface area contributed by atoms with Gasteiger partial charge in [0.15, 0.2) is 5.78 Å². The minimum Gasteiger partial charge on any atom is -0.291 e. The van der Waals surface area contributed by atoms with Crippen LogP contribution in [-0.4, -0.2) is 16.9 Å². The molecule has 1 unspecified atom stereocenters. The zero-order valence-electron chi connectivity index (χ0n) is 14.3. The smallest absolute Gasteiger partial charge is 0.291 e. The third-order valence-corrected chi connectivity index (χ3v) is 4.26. The maximum Gasteiger partial charge on any atom is 0.311 e. The molecule has 0 spiro atoms. The number of para-hydroxylation sites is 1. The Labute approximate surface area is 162 Å². The Morgan fingerprint density at radius 1 is 0.704 bits per heavy atom. The van der Waals surface area contributed by atoms with Crippen molar-refractivity contribution < 1.29 is 14.4 Å². The van der Waals surface area contributed by atoms with Crippen molar-refractivity contribution in [2.45, 2.75) is 6.04 Å². The highest BCUT2D eigenvalue weighted by atomic mass is 35.5. The van der Waals surface area contributed by atoms with Gasteiger partial charge in [-0.2, -0.15) is 0 Å². The van der Waals surface area contributed by atoms with E-state index >= 15 is 0 Å². The standard InChI is InChI=1S/C22H16ClNO3/c23-21(26)22(27)24(18-14-8-3-9-15-18)19(16-10-4-1-5-11-16)20(25)17-12-6-2-7-13-17/h1-15,19H. The molecule has 4 nitrogen and oxygen atoms in total. The second-order valence-corrected chi connectivity index (χ2v) is 6.17. The van der Waals surface area contributed by atoms with Gasteiger partial charge in [-0.1, -0.05) is 78.9 Å². The Morgan fingerprint density at radius 3 is 1.70 bits per heavy atom. The van der Waals surface area contributed by atoms with E-state index in [1.54, 1.807) is 84.9 Å². The van der Waals surface area contributed by atoms with Gasteiger partial charge in [0, 0.05) is 11.3 Å². The lowest BCUT2D eigenvalue weighted by Gasteiger charge is -2.30. The summed E-state index contributed by atoms with van der Waals surface area (Å²) in [6, 6.07) is 25.0. The number of rotatable bonds is 6. The van der Waals surface area contributed by atoms with Crippen LogP contribution >= 0.6 is 11.6 Å². The maximum atomic E-state index is 13.3. The molecule has 0 fully saturated rings. The molecule has 0 aromatic heterocycles. The van der Waals surface area contributed by atoms with Gasteiger partial charge in [-0.3, -0.25) is 19.3 Å². The van der Waals surface area contributed by atoms with Crippen molar-refractivity contribution in [1.82, 2.24) is 0 Å². The number of halogens is 1. The van der Waals surface area contributed by atoms with Crippen LogP contribution in [0.5, 0.6) is 0 Å². The number of nitrogens with zero attached hydrogens (tertiary/aromatic N) is 1. The summed E-state index contributed by atoms with van der Waals surface area (Å²) in [4.78, 5) is 38.9. The van der Waals surface area contributed by atoms with Crippen LogP contribution in [0, 0.1) is 0 Å². The molecule has 0 bridgehead atoms. The summed E-state index contributed by atoms with van der Waals surface area (Å²) in [5, 5.41) is -1.15. The van der Waals surface area contributed by atoms with Crippen LogP contribution in [0.1, 0.15) is 22.0 Å². The Morgan fingerprint density at radius 2 is 1.19 bits per heavy atom. The monoisotopic (exact) mass is 377 g/mol. The molecule has 0 aliphatic carbocycles. The van der Waals surface area contributed by atoms with Gasteiger partial charge in [-0.15, -0.1) is 0 Å². The van der Waals surface area contributed by atoms with E-state index in [0.29, 0.717) is 16.8 Å². The van der Waals surface area contributed by atoms with Crippen molar-refractivity contribution in [2.75, 3.05) is 4.90 Å². The zero-order chi connectivity index (χ0) is 19.2. The molecule has 5 heteroatoms. The first-order valence-corrected chi connectivity index (χ1v) is 8.69. The van der Waals surface area contributed by atoms with Crippen LogP contribution in [0.25, 0.3) is 0 Å². The van der Waals surface area contributed by atoms with Crippen molar-refractivity contribution in [3.63, 3.8) is 0 Å². The summed E-state index contributed by atoms with van der Waals surface area (Å²) in [6.07, 6.45) is 0. The van der Waals surface area contributed by atoms with Crippen molar-refractivity contribution in [3.8, 4) is 0 Å². The highest BCUT2D eigenvalue weighted by Gasteiger charge is 2.35. The number of amides is 1. The molecule has 0 heterocycles. The van der Waals surface area contributed by atoms with Gasteiger partial charge >= 0.3 is 11.1 Å². The maximum absolute atomic E-state index is 13.3. The average Bonchev–Trinajstić information content (AvgIpc) is 2.73. The van der Waals surface area contributed by atoms with Gasteiger partial charge in [-0.05, 0) is 29.3 Å². The van der Waals surface area contributed by atoms with E-state index < -0.39 is 17.2 Å². The molecule has 0 radical (unpaired) electrons. The molecule has 1 atom stereocenters. The molecule has 0 saturated heterocycles. The molecule has 0 aliphatic rings. The number of carbonyl (C=O) groups excluding carboxylic acids is 3. The first-order valence-electron chi connectivity index (χ1n) is 8.32. The summed E-state index contributed by atoms with van der Waals surface area (Å²) in [5.74, 6) is -1.27. The lowest BCUT2D eigenvalue weighted by atomic mass is 9.95. The number of hydrogen-bond acceptors (Lipinski definition) is 3. The summed E-state index contributed by atoms with van der Waals surface area (Å²) in [5.41, 5.74) is 1.43. The molecule has 0 saturated carbocycles. The van der Waals surface area contributed by atoms with E-state index in [1.807, 2.05) is 6.07 Å². The number of anilines is 1. The second kappa shape index (κ2) is 8.43. The highest BCUT2D eigenvalue weighted by molar-refractivity contribution is 6.82. The predicted octanol–water partition coefficient (Wildman–Crippen LogP) is 4.41. The van der Waals surface area contributed by atoms with Gasteiger partial charge in [0.25, 0.3) is 0 Å². The average molecular weight is 378 g/mol. The van der Waals surface area contributed by atoms with E-state index in [2.05, 4.69) is 0 Å². The number of ketones is 1. The molecule has 134 valence electrons. The largest absolute Gasteiger partial charge is 0.311 e. The first-order chi connectivity index (χ1) is 13.1. The molecular weight excluding hydrogens is 362 g/mol. The second-order valence-electron chi connectivity index (χ2n) is 5.83. The van der Waals surface area contributed by atoms with Crippen LogP contribution in [0.2, 0.25) is 0 Å². The highest BCUT2D eigenvalue weighted by Crippen LogP contribution is 2.31. The van der Waals surface area contributed by atoms with Crippen molar-refractivity contribution in [2.24, 2.45) is 0 Å². The number of carbonyl (C=O) groups is 3. The molecule has 3 aromatic carbocycles. The van der Waals surface area contributed by atoms with Crippen LogP contribution in [0.4, 0.5) is 5.69 Å². The van der Waals surface area contributed by atoms with Crippen molar-refractivity contribution in [3.05, 3.63) is 102 Å². The van der Waals surface area contributed by atoms with Gasteiger partial charge in [0.2, 0.25) is 0 Å². The number of Topliss-reactive ketones (excluding diaryl/α,β-unsaturated/α-hetero) is 1. The van der Waals surface area contributed by atoms with Gasteiger partial charge in [0.1, 0.15) is 6.04 Å². The van der Waals surface area contributed by atoms with E-state index in [0.717, 1.165) is 4.90 Å². The third kappa shape index (κ3) is 4.13. The summed E-state index contributed by atoms with van der Waals surface area (Å²) in [7, 11) is 0. The fraction of sp³-hybridized carbons (Fsp3) is 0.0455. The summed E-state index contributed by atoms with van der Waals surface area (Å²) < 4.78 is 0. The van der Waals surface area contributed by atoms with Crippen molar-refractivity contribution in [1.29, 1.82) is 0 Å². The lowest BCUT2D eigenvalue weighted by molar-refractivity contribution is -0.132. The van der Waals surface area contributed by atoms with E-state index in [-0.39, 0.29) is 5.78 Å². The fourth-order valence-corrected chi connectivity index (χ4v) is 2.97.